The molecule has 0 spiro atoms. The Morgan fingerprint density at radius 1 is 0.978 bits per heavy atom. The first-order valence-electron chi connectivity index (χ1n) is 16.6. The van der Waals surface area contributed by atoms with Crippen molar-refractivity contribution in [3.63, 3.8) is 0 Å². The molecule has 0 saturated heterocycles. The second kappa shape index (κ2) is 17.7. The number of benzene rings is 1. The van der Waals surface area contributed by atoms with Gasteiger partial charge in [0.25, 0.3) is 5.91 Å². The largest absolute Gasteiger partial charge is 0.489 e. The molecule has 6 atom stereocenters. The number of hydrogen-bond donors (Lipinski definition) is 5. The molecule has 1 fully saturated rings. The molecular weight excluding hydrogens is 590 g/mol. The van der Waals surface area contributed by atoms with E-state index in [2.05, 4.69) is 15.6 Å². The predicted molar refractivity (Wildman–Crippen MR) is 172 cm³/mol. The molecular formula is C35H51N3O8. The number of nitrogens with zero attached hydrogens (tertiary/aromatic N) is 1. The van der Waals surface area contributed by atoms with Crippen LogP contribution in [0, 0.1) is 17.8 Å². The fourth-order valence-electron chi connectivity index (χ4n) is 6.73. The molecule has 1 unspecified atom stereocenters. The van der Waals surface area contributed by atoms with E-state index in [4.69, 9.17) is 14.2 Å². The number of carbonyl (C=O) groups excluding carboxylic acids is 2. The second-order valence-corrected chi connectivity index (χ2v) is 12.8. The Kier molecular flexibility index (Phi) is 13.8. The summed E-state index contributed by atoms with van der Waals surface area (Å²) < 4.78 is 16.2. The van der Waals surface area contributed by atoms with Crippen LogP contribution in [-0.4, -0.2) is 90.0 Å². The fourth-order valence-corrected chi connectivity index (χ4v) is 6.73. The molecule has 0 aliphatic heterocycles. The van der Waals surface area contributed by atoms with Crippen LogP contribution in [0.1, 0.15) is 80.0 Å². The van der Waals surface area contributed by atoms with Gasteiger partial charge in [-0.1, -0.05) is 70.2 Å². The number of methoxy groups -OCH3 is 1. The van der Waals surface area contributed by atoms with Crippen LogP contribution < -0.4 is 15.4 Å². The Labute approximate surface area is 272 Å². The summed E-state index contributed by atoms with van der Waals surface area (Å²) in [5, 5.41) is 39.9. The maximum atomic E-state index is 13.7. The van der Waals surface area contributed by atoms with Gasteiger partial charge in [0.15, 0.2) is 11.4 Å². The molecule has 254 valence electrons. The molecule has 2 aliphatic rings. The summed E-state index contributed by atoms with van der Waals surface area (Å²) in [6.45, 7) is 5.01. The van der Waals surface area contributed by atoms with Crippen LogP contribution in [0.2, 0.25) is 0 Å². The summed E-state index contributed by atoms with van der Waals surface area (Å²) >= 11 is 0. The highest BCUT2D eigenvalue weighted by atomic mass is 16.5. The maximum absolute atomic E-state index is 13.7. The Morgan fingerprint density at radius 3 is 2.46 bits per heavy atom. The lowest BCUT2D eigenvalue weighted by atomic mass is 9.79. The van der Waals surface area contributed by atoms with E-state index >= 15 is 0 Å². The first kappa shape index (κ1) is 35.8. The van der Waals surface area contributed by atoms with Gasteiger partial charge < -0.3 is 40.2 Å². The Hall–Kier alpha value is -3.09. The Morgan fingerprint density at radius 2 is 1.72 bits per heavy atom. The van der Waals surface area contributed by atoms with Crippen molar-refractivity contribution < 1.29 is 39.1 Å². The van der Waals surface area contributed by atoms with E-state index in [1.165, 1.54) is 6.20 Å². The van der Waals surface area contributed by atoms with E-state index in [1.54, 1.807) is 19.2 Å². The van der Waals surface area contributed by atoms with Gasteiger partial charge in [0.05, 0.1) is 50.0 Å². The van der Waals surface area contributed by atoms with Gasteiger partial charge in [0.2, 0.25) is 5.91 Å². The summed E-state index contributed by atoms with van der Waals surface area (Å²) in [7, 11) is 1.59. The third-order valence-corrected chi connectivity index (χ3v) is 9.18. The molecule has 4 rings (SSSR count). The number of aromatic nitrogens is 1. The second-order valence-electron chi connectivity index (χ2n) is 12.8. The van der Waals surface area contributed by atoms with Crippen molar-refractivity contribution in [3.05, 3.63) is 59.4 Å². The highest BCUT2D eigenvalue weighted by Gasteiger charge is 2.42. The lowest BCUT2D eigenvalue weighted by molar-refractivity contribution is -0.137. The van der Waals surface area contributed by atoms with Crippen molar-refractivity contribution in [2.75, 3.05) is 33.5 Å². The summed E-state index contributed by atoms with van der Waals surface area (Å²) in [5.74, 6) is -1.81. The number of rotatable bonds is 17. The number of aliphatic hydroxyl groups is 3. The number of carbonyl (C=O) groups is 2. The van der Waals surface area contributed by atoms with Crippen LogP contribution >= 0.6 is 0 Å². The van der Waals surface area contributed by atoms with Crippen molar-refractivity contribution in [2.45, 2.75) is 89.2 Å². The molecule has 5 N–H and O–H groups in total. The van der Waals surface area contributed by atoms with Gasteiger partial charge >= 0.3 is 0 Å². The van der Waals surface area contributed by atoms with Gasteiger partial charge in [0, 0.05) is 19.7 Å². The molecule has 1 saturated carbocycles. The van der Waals surface area contributed by atoms with Crippen molar-refractivity contribution in [1.29, 1.82) is 0 Å². The molecule has 1 heterocycles. The minimum atomic E-state index is -1.48. The number of nitrogens with one attached hydrogen (secondary N) is 2. The molecule has 11 heteroatoms. The quantitative estimate of drug-likeness (QED) is 0.164. The highest BCUT2D eigenvalue weighted by molar-refractivity contribution is 5.95. The average Bonchev–Trinajstić information content (AvgIpc) is 3.36. The third-order valence-electron chi connectivity index (χ3n) is 9.18. The summed E-state index contributed by atoms with van der Waals surface area (Å²) in [6, 6.07) is 9.43. The normalized spacial score (nSPS) is 20.8. The van der Waals surface area contributed by atoms with Crippen LogP contribution in [0.25, 0.3) is 0 Å². The highest BCUT2D eigenvalue weighted by Crippen LogP contribution is 2.33. The van der Waals surface area contributed by atoms with E-state index in [9.17, 15) is 24.9 Å². The average molecular weight is 642 g/mol. The van der Waals surface area contributed by atoms with Gasteiger partial charge in [-0.2, -0.15) is 0 Å². The number of ether oxygens (including phenoxy) is 3. The third kappa shape index (κ3) is 9.48. The molecule has 11 nitrogen and oxygen atoms in total. The maximum Gasteiger partial charge on any atom is 0.274 e. The Balaban J connectivity index is 1.49. The smallest absolute Gasteiger partial charge is 0.274 e. The summed E-state index contributed by atoms with van der Waals surface area (Å²) in [5.41, 5.74) is 1.87. The van der Waals surface area contributed by atoms with Gasteiger partial charge in [-0.05, 0) is 41.5 Å². The molecule has 0 bridgehead atoms. The van der Waals surface area contributed by atoms with Crippen LogP contribution in [0.4, 0.5) is 0 Å². The van der Waals surface area contributed by atoms with Crippen LogP contribution in [0.5, 0.6) is 5.75 Å². The zero-order valence-electron chi connectivity index (χ0n) is 27.3. The number of fused-ring (bicyclic) bond motifs is 1. The minimum absolute atomic E-state index is 0.0572. The SMILES string of the molecule is COCCOCCOc1cccnc1C(=O)N[C@@H](CC1CCCCC1)[C@@H](O)[C@H](O)[C@H](C(=O)NC1c2ccccc2C[C@H]1O)C(C)C. The van der Waals surface area contributed by atoms with Gasteiger partial charge in [-0.3, -0.25) is 9.59 Å². The molecule has 0 radical (unpaired) electrons. The molecule has 2 aromatic rings. The number of amides is 2. The van der Waals surface area contributed by atoms with Crippen LogP contribution in [0.15, 0.2) is 42.6 Å². The van der Waals surface area contributed by atoms with Crippen molar-refractivity contribution in [1.82, 2.24) is 15.6 Å². The lowest BCUT2D eigenvalue weighted by Gasteiger charge is -2.36. The van der Waals surface area contributed by atoms with E-state index in [0.717, 1.165) is 43.2 Å². The fraction of sp³-hybridized carbons (Fsp3) is 0.629. The van der Waals surface area contributed by atoms with Gasteiger partial charge in [-0.25, -0.2) is 4.98 Å². The minimum Gasteiger partial charge on any atom is -0.489 e. The van der Waals surface area contributed by atoms with E-state index < -0.39 is 48.1 Å². The zero-order valence-corrected chi connectivity index (χ0v) is 27.3. The first-order chi connectivity index (χ1) is 22.2. The van der Waals surface area contributed by atoms with E-state index in [0.29, 0.717) is 32.7 Å². The molecule has 1 aromatic heterocycles. The van der Waals surface area contributed by atoms with Crippen LogP contribution in [-0.2, 0) is 20.7 Å². The Bertz CT molecular complexity index is 1250. The topological polar surface area (TPSA) is 159 Å². The van der Waals surface area contributed by atoms with Crippen molar-refractivity contribution in [3.8, 4) is 5.75 Å². The van der Waals surface area contributed by atoms with Crippen molar-refractivity contribution in [2.24, 2.45) is 17.8 Å². The number of hydrogen-bond acceptors (Lipinski definition) is 9. The molecule has 2 aliphatic carbocycles. The zero-order chi connectivity index (χ0) is 33.1. The van der Waals surface area contributed by atoms with Crippen molar-refractivity contribution >= 4 is 11.8 Å². The number of aliphatic hydroxyl groups excluding tert-OH is 3. The van der Waals surface area contributed by atoms with Crippen LogP contribution in [0.3, 0.4) is 0 Å². The standard InChI is InChI=1S/C35H51N3O8/c1-22(2)29(34(42)38-30-25-13-8-7-12-24(25)21-27(30)39)33(41)32(40)26(20-23-10-5-4-6-11-23)37-35(43)31-28(14-9-15-36-31)46-19-18-45-17-16-44-3/h7-9,12-15,22-23,26-27,29-30,32-33,39-41H,4-6,10-11,16-21H2,1-3H3,(H,37,43)(H,38,42)/t26-,27+,29+,30?,32+,33+/m0/s1. The summed E-state index contributed by atoms with van der Waals surface area (Å²) in [6.07, 6.45) is 3.86. The molecule has 2 amide bonds. The lowest BCUT2D eigenvalue weighted by Crippen LogP contribution is -2.55. The summed E-state index contributed by atoms with van der Waals surface area (Å²) in [4.78, 5) is 31.6. The van der Waals surface area contributed by atoms with Gasteiger partial charge in [-0.15, -0.1) is 0 Å². The first-order valence-corrected chi connectivity index (χ1v) is 16.6. The van der Waals surface area contributed by atoms with E-state index in [1.807, 2.05) is 38.1 Å². The molecule has 46 heavy (non-hydrogen) atoms. The van der Waals surface area contributed by atoms with Gasteiger partial charge in [0.1, 0.15) is 12.7 Å². The number of pyridine rings is 1. The monoisotopic (exact) mass is 641 g/mol. The predicted octanol–water partition coefficient (Wildman–Crippen LogP) is 2.96. The molecule has 1 aromatic carbocycles. The van der Waals surface area contributed by atoms with E-state index in [-0.39, 0.29) is 29.9 Å².